The third kappa shape index (κ3) is 1.91. The van der Waals surface area contributed by atoms with Crippen molar-refractivity contribution in [3.05, 3.63) is 17.5 Å². The molecule has 1 N–H and O–H groups in total. The molecule has 1 heterocycles. The molecule has 0 bridgehead atoms. The molecule has 0 fully saturated rings. The monoisotopic (exact) mass is 192 g/mol. The maximum atomic E-state index is 11.5. The first-order valence-corrected chi connectivity index (χ1v) is 4.25. The molecule has 5 heteroatoms. The van der Waals surface area contributed by atoms with Gasteiger partial charge in [-0.1, -0.05) is 0 Å². The van der Waals surface area contributed by atoms with E-state index >= 15 is 0 Å². The van der Waals surface area contributed by atoms with Gasteiger partial charge in [0.1, 0.15) is 6.04 Å². The third-order valence-corrected chi connectivity index (χ3v) is 2.02. The van der Waals surface area contributed by atoms with Crippen LogP contribution in [0.2, 0.25) is 0 Å². The van der Waals surface area contributed by atoms with Gasteiger partial charge in [0, 0.05) is 12.7 Å². The van der Waals surface area contributed by atoms with Crippen LogP contribution < -0.4 is 5.32 Å². The highest BCUT2D eigenvalue weighted by Crippen LogP contribution is 2.05. The van der Waals surface area contributed by atoms with Crippen LogP contribution in [-0.2, 0) is 7.05 Å². The fourth-order valence-electron chi connectivity index (χ4n) is 1.03. The van der Waals surface area contributed by atoms with Crippen LogP contribution in [0.5, 0.6) is 0 Å². The summed E-state index contributed by atoms with van der Waals surface area (Å²) in [4.78, 5) is 11.5. The van der Waals surface area contributed by atoms with E-state index in [1.54, 1.807) is 25.6 Å². The summed E-state index contributed by atoms with van der Waals surface area (Å²) in [7, 11) is 1.76. The number of hydrogen-bond acceptors (Lipinski definition) is 3. The number of nitrogens with zero attached hydrogens (tertiary/aromatic N) is 3. The summed E-state index contributed by atoms with van der Waals surface area (Å²) in [5.41, 5.74) is 1.29. The summed E-state index contributed by atoms with van der Waals surface area (Å²) in [6.45, 7) is 3.43. The Bertz CT molecular complexity index is 388. The molecule has 1 aromatic heterocycles. The van der Waals surface area contributed by atoms with Gasteiger partial charge >= 0.3 is 0 Å². The number of hydrogen-bond donors (Lipinski definition) is 1. The van der Waals surface area contributed by atoms with Crippen LogP contribution in [-0.4, -0.2) is 21.7 Å². The Balaban J connectivity index is 2.81. The summed E-state index contributed by atoms with van der Waals surface area (Å²) >= 11 is 0. The Morgan fingerprint density at radius 1 is 1.79 bits per heavy atom. The standard InChI is InChI=1S/C9H12N4O/c1-6(4-10)12-9(14)8-5-11-13(3)7(8)2/h5-6H,1-3H3,(H,12,14). The van der Waals surface area contributed by atoms with Crippen molar-refractivity contribution in [1.82, 2.24) is 15.1 Å². The minimum Gasteiger partial charge on any atom is -0.336 e. The lowest BCUT2D eigenvalue weighted by Crippen LogP contribution is -2.31. The normalized spacial score (nSPS) is 11.9. The van der Waals surface area contributed by atoms with Gasteiger partial charge in [0.15, 0.2) is 0 Å². The summed E-state index contributed by atoms with van der Waals surface area (Å²) < 4.78 is 1.62. The number of aryl methyl sites for hydroxylation is 1. The summed E-state index contributed by atoms with van der Waals surface area (Å²) in [5.74, 6) is -0.260. The fourth-order valence-corrected chi connectivity index (χ4v) is 1.03. The Hall–Kier alpha value is -1.83. The van der Waals surface area contributed by atoms with Gasteiger partial charge < -0.3 is 5.32 Å². The second kappa shape index (κ2) is 3.92. The molecule has 1 atom stereocenters. The van der Waals surface area contributed by atoms with E-state index in [2.05, 4.69) is 10.4 Å². The second-order valence-corrected chi connectivity index (χ2v) is 3.09. The lowest BCUT2D eigenvalue weighted by Gasteiger charge is -2.05. The van der Waals surface area contributed by atoms with Crippen molar-refractivity contribution in [2.45, 2.75) is 19.9 Å². The van der Waals surface area contributed by atoms with Crippen molar-refractivity contribution in [1.29, 1.82) is 5.26 Å². The number of aromatic nitrogens is 2. The maximum Gasteiger partial charge on any atom is 0.255 e. The molecule has 74 valence electrons. The minimum absolute atomic E-state index is 0.260. The average molecular weight is 192 g/mol. The van der Waals surface area contributed by atoms with E-state index in [1.807, 2.05) is 6.07 Å². The average Bonchev–Trinajstić information content (AvgIpc) is 2.47. The highest BCUT2D eigenvalue weighted by atomic mass is 16.1. The molecule has 1 amide bonds. The molecule has 1 aromatic rings. The number of carbonyl (C=O) groups excluding carboxylic acids is 1. The number of nitriles is 1. The zero-order valence-electron chi connectivity index (χ0n) is 8.40. The van der Waals surface area contributed by atoms with Gasteiger partial charge in [-0.15, -0.1) is 0 Å². The minimum atomic E-state index is -0.484. The first-order valence-electron chi connectivity index (χ1n) is 4.25. The smallest absolute Gasteiger partial charge is 0.255 e. The lowest BCUT2D eigenvalue weighted by atomic mass is 10.2. The summed E-state index contributed by atoms with van der Waals surface area (Å²) in [5, 5.41) is 15.0. The Kier molecular flexibility index (Phi) is 2.87. The van der Waals surface area contributed by atoms with Crippen molar-refractivity contribution in [2.24, 2.45) is 7.05 Å². The van der Waals surface area contributed by atoms with Crippen LogP contribution in [0, 0.1) is 18.3 Å². The number of nitrogens with one attached hydrogen (secondary N) is 1. The summed E-state index contributed by atoms with van der Waals surface area (Å²) in [6.07, 6.45) is 1.49. The Morgan fingerprint density at radius 2 is 2.43 bits per heavy atom. The zero-order valence-corrected chi connectivity index (χ0v) is 8.40. The number of rotatable bonds is 2. The van der Waals surface area contributed by atoms with E-state index in [0.717, 1.165) is 5.69 Å². The van der Waals surface area contributed by atoms with Gasteiger partial charge in [0.25, 0.3) is 5.91 Å². The van der Waals surface area contributed by atoms with E-state index in [4.69, 9.17) is 5.26 Å². The molecule has 5 nitrogen and oxygen atoms in total. The van der Waals surface area contributed by atoms with Crippen molar-refractivity contribution in [3.63, 3.8) is 0 Å². The zero-order chi connectivity index (χ0) is 10.7. The third-order valence-electron chi connectivity index (χ3n) is 2.02. The van der Waals surface area contributed by atoms with Gasteiger partial charge in [-0.25, -0.2) is 0 Å². The van der Waals surface area contributed by atoms with Crippen molar-refractivity contribution < 1.29 is 4.79 Å². The van der Waals surface area contributed by atoms with E-state index in [0.29, 0.717) is 5.56 Å². The molecule has 0 radical (unpaired) electrons. The van der Waals surface area contributed by atoms with Gasteiger partial charge in [-0.05, 0) is 13.8 Å². The molecular formula is C9H12N4O. The Labute approximate surface area is 82.3 Å². The molecule has 0 aliphatic rings. The van der Waals surface area contributed by atoms with E-state index in [1.165, 1.54) is 6.20 Å². The molecule has 1 rings (SSSR count). The van der Waals surface area contributed by atoms with Crippen LogP contribution in [0.4, 0.5) is 0 Å². The summed E-state index contributed by atoms with van der Waals surface area (Å²) in [6, 6.07) is 1.45. The first-order chi connectivity index (χ1) is 6.56. The largest absolute Gasteiger partial charge is 0.336 e. The second-order valence-electron chi connectivity index (χ2n) is 3.09. The van der Waals surface area contributed by atoms with E-state index < -0.39 is 6.04 Å². The first kappa shape index (κ1) is 10.3. The van der Waals surface area contributed by atoms with Crippen LogP contribution in [0.3, 0.4) is 0 Å². The van der Waals surface area contributed by atoms with Gasteiger partial charge in [0.05, 0.1) is 17.8 Å². The van der Waals surface area contributed by atoms with Gasteiger partial charge in [-0.3, -0.25) is 9.48 Å². The van der Waals surface area contributed by atoms with Gasteiger partial charge in [-0.2, -0.15) is 10.4 Å². The van der Waals surface area contributed by atoms with Crippen molar-refractivity contribution in [3.8, 4) is 6.07 Å². The maximum absolute atomic E-state index is 11.5. The predicted octanol–water partition coefficient (Wildman–Crippen LogP) is 0.370. The number of amides is 1. The van der Waals surface area contributed by atoms with Crippen molar-refractivity contribution >= 4 is 5.91 Å². The van der Waals surface area contributed by atoms with Crippen LogP contribution in [0.1, 0.15) is 23.0 Å². The molecular weight excluding hydrogens is 180 g/mol. The highest BCUT2D eigenvalue weighted by molar-refractivity contribution is 5.95. The van der Waals surface area contributed by atoms with Crippen LogP contribution in [0.15, 0.2) is 6.20 Å². The predicted molar refractivity (Wildman–Crippen MR) is 50.5 cm³/mol. The highest BCUT2D eigenvalue weighted by Gasteiger charge is 2.14. The topological polar surface area (TPSA) is 70.7 Å². The molecule has 0 spiro atoms. The molecule has 14 heavy (non-hydrogen) atoms. The molecule has 0 saturated carbocycles. The van der Waals surface area contributed by atoms with Crippen LogP contribution in [0.25, 0.3) is 0 Å². The van der Waals surface area contributed by atoms with Gasteiger partial charge in [0.2, 0.25) is 0 Å². The molecule has 1 unspecified atom stereocenters. The van der Waals surface area contributed by atoms with E-state index in [-0.39, 0.29) is 5.91 Å². The fraction of sp³-hybridized carbons (Fsp3) is 0.444. The van der Waals surface area contributed by atoms with E-state index in [9.17, 15) is 4.79 Å². The molecule has 0 aromatic carbocycles. The van der Waals surface area contributed by atoms with Crippen molar-refractivity contribution in [2.75, 3.05) is 0 Å². The molecule has 0 saturated heterocycles. The quantitative estimate of drug-likeness (QED) is 0.735. The SMILES string of the molecule is Cc1c(C(=O)NC(C)C#N)cnn1C. The molecule has 0 aliphatic carbocycles. The number of carbonyl (C=O) groups is 1. The lowest BCUT2D eigenvalue weighted by molar-refractivity contribution is 0.0947. The molecule has 0 aliphatic heterocycles. The Morgan fingerprint density at radius 3 is 2.86 bits per heavy atom. The van der Waals surface area contributed by atoms with Crippen LogP contribution >= 0.6 is 0 Å².